The average Bonchev–Trinajstić information content (AvgIpc) is 3.46. The first-order valence-corrected chi connectivity index (χ1v) is 10.5. The number of hydrogen-bond acceptors (Lipinski definition) is 5. The zero-order valence-corrected chi connectivity index (χ0v) is 15.9. The quantitative estimate of drug-likeness (QED) is 0.732. The number of hydrogen-bond donors (Lipinski definition) is 1. The highest BCUT2D eigenvalue weighted by molar-refractivity contribution is 7.89. The van der Waals surface area contributed by atoms with E-state index in [0.717, 1.165) is 18.9 Å². The van der Waals surface area contributed by atoms with Crippen molar-refractivity contribution in [3.05, 3.63) is 30.1 Å². The van der Waals surface area contributed by atoms with E-state index in [-0.39, 0.29) is 42.8 Å². The number of halogens is 1. The van der Waals surface area contributed by atoms with Crippen molar-refractivity contribution in [3.8, 4) is 0 Å². The van der Waals surface area contributed by atoms with E-state index in [1.54, 1.807) is 0 Å². The summed E-state index contributed by atoms with van der Waals surface area (Å²) in [4.78, 5) is 23.8. The number of sulfonamides is 1. The van der Waals surface area contributed by atoms with Crippen LogP contribution in [0.1, 0.15) is 32.6 Å². The number of ether oxygens (including phenoxy) is 1. The molecule has 148 valence electrons. The maximum Gasteiger partial charge on any atom is 0.309 e. The topological polar surface area (TPSA) is 92.8 Å². The monoisotopic (exact) mass is 398 g/mol. The Morgan fingerprint density at radius 3 is 2.41 bits per heavy atom. The molecular weight excluding hydrogens is 375 g/mol. The molecule has 2 fully saturated rings. The fourth-order valence-corrected chi connectivity index (χ4v) is 4.53. The fourth-order valence-electron chi connectivity index (χ4n) is 3.00. The number of carbonyl (C=O) groups is 2. The number of nitrogens with one attached hydrogen (secondary N) is 1. The molecule has 0 bridgehead atoms. The summed E-state index contributed by atoms with van der Waals surface area (Å²) in [7, 11) is -3.94. The van der Waals surface area contributed by atoms with Crippen LogP contribution in [-0.4, -0.2) is 49.8 Å². The van der Waals surface area contributed by atoms with Gasteiger partial charge in [0.25, 0.3) is 5.91 Å². The second kappa shape index (κ2) is 7.93. The van der Waals surface area contributed by atoms with Crippen LogP contribution < -0.4 is 5.32 Å². The Bertz CT molecular complexity index is 817. The molecule has 1 aromatic rings. The Hall–Kier alpha value is -2.00. The Morgan fingerprint density at radius 1 is 1.19 bits per heavy atom. The van der Waals surface area contributed by atoms with Crippen molar-refractivity contribution in [1.82, 2.24) is 9.62 Å². The van der Waals surface area contributed by atoms with Crippen molar-refractivity contribution < 1.29 is 27.1 Å². The van der Waals surface area contributed by atoms with Crippen molar-refractivity contribution >= 4 is 21.9 Å². The van der Waals surface area contributed by atoms with Crippen LogP contribution in [0.5, 0.6) is 0 Å². The standard InChI is InChI=1S/C18H23FN2O5S/c1-12(17(22)20-14-6-7-14)26-18(23)13-8-10-21(11-9-13)27(24,25)16-5-3-2-4-15(16)19/h2-5,12-14H,6-11H2,1H3,(H,20,22). The summed E-state index contributed by atoms with van der Waals surface area (Å²) in [6.07, 6.45) is 1.55. The van der Waals surface area contributed by atoms with Crippen molar-refractivity contribution in [1.29, 1.82) is 0 Å². The first kappa shape index (κ1) is 19.8. The lowest BCUT2D eigenvalue weighted by atomic mass is 9.98. The summed E-state index contributed by atoms with van der Waals surface area (Å²) < 4.78 is 45.4. The molecule has 3 rings (SSSR count). The zero-order chi connectivity index (χ0) is 19.6. The van der Waals surface area contributed by atoms with E-state index in [4.69, 9.17) is 4.74 Å². The van der Waals surface area contributed by atoms with E-state index in [2.05, 4.69) is 5.32 Å². The third-order valence-corrected chi connectivity index (χ3v) is 6.76. The van der Waals surface area contributed by atoms with Crippen molar-refractivity contribution in [2.75, 3.05) is 13.1 Å². The fraction of sp³-hybridized carbons (Fsp3) is 0.556. The van der Waals surface area contributed by atoms with E-state index in [0.29, 0.717) is 0 Å². The molecule has 0 aromatic heterocycles. The summed E-state index contributed by atoms with van der Waals surface area (Å²) in [5, 5.41) is 2.77. The average molecular weight is 398 g/mol. The third-order valence-electron chi connectivity index (χ3n) is 4.83. The summed E-state index contributed by atoms with van der Waals surface area (Å²) in [6, 6.07) is 5.41. The number of piperidine rings is 1. The smallest absolute Gasteiger partial charge is 0.309 e. The van der Waals surface area contributed by atoms with E-state index in [9.17, 15) is 22.4 Å². The second-order valence-corrected chi connectivity index (χ2v) is 8.88. The third kappa shape index (κ3) is 4.65. The predicted molar refractivity (Wildman–Crippen MR) is 94.6 cm³/mol. The highest BCUT2D eigenvalue weighted by Gasteiger charge is 2.35. The predicted octanol–water partition coefficient (Wildman–Crippen LogP) is 1.44. The summed E-state index contributed by atoms with van der Waals surface area (Å²) in [5.74, 6) is -2.09. The van der Waals surface area contributed by atoms with Crippen LogP contribution >= 0.6 is 0 Å². The van der Waals surface area contributed by atoms with Gasteiger partial charge in [0.15, 0.2) is 6.10 Å². The summed E-state index contributed by atoms with van der Waals surface area (Å²) >= 11 is 0. The van der Waals surface area contributed by atoms with Crippen molar-refractivity contribution in [2.45, 2.75) is 49.6 Å². The van der Waals surface area contributed by atoms with Gasteiger partial charge in [-0.15, -0.1) is 0 Å². The normalized spacial score (nSPS) is 20.1. The molecule has 7 nitrogen and oxygen atoms in total. The zero-order valence-electron chi connectivity index (χ0n) is 15.1. The first-order valence-electron chi connectivity index (χ1n) is 9.04. The number of carbonyl (C=O) groups excluding carboxylic acids is 2. The number of amides is 1. The van der Waals surface area contributed by atoms with Crippen LogP contribution in [0.15, 0.2) is 29.2 Å². The van der Waals surface area contributed by atoms with Gasteiger partial charge in [0.2, 0.25) is 10.0 Å². The molecule has 1 saturated carbocycles. The van der Waals surface area contributed by atoms with Gasteiger partial charge in [0.1, 0.15) is 10.7 Å². The summed E-state index contributed by atoms with van der Waals surface area (Å²) in [6.45, 7) is 1.71. The molecule has 1 N–H and O–H groups in total. The largest absolute Gasteiger partial charge is 0.452 e. The van der Waals surface area contributed by atoms with Gasteiger partial charge in [-0.1, -0.05) is 12.1 Å². The van der Waals surface area contributed by atoms with Crippen LogP contribution in [0.4, 0.5) is 4.39 Å². The van der Waals surface area contributed by atoms with E-state index in [1.165, 1.54) is 29.4 Å². The molecule has 27 heavy (non-hydrogen) atoms. The van der Waals surface area contributed by atoms with E-state index >= 15 is 0 Å². The minimum Gasteiger partial charge on any atom is -0.452 e. The Labute approximate surface area is 157 Å². The van der Waals surface area contributed by atoms with E-state index in [1.807, 2.05) is 0 Å². The Balaban J connectivity index is 1.54. The lowest BCUT2D eigenvalue weighted by molar-refractivity contribution is -0.159. The molecule has 1 unspecified atom stereocenters. The van der Waals surface area contributed by atoms with Crippen LogP contribution in [0.3, 0.4) is 0 Å². The van der Waals surface area contributed by atoms with Gasteiger partial charge in [0, 0.05) is 19.1 Å². The lowest BCUT2D eigenvalue weighted by Crippen LogP contribution is -2.42. The van der Waals surface area contributed by atoms with Gasteiger partial charge in [-0.25, -0.2) is 12.8 Å². The number of esters is 1. The first-order chi connectivity index (χ1) is 12.8. The van der Waals surface area contributed by atoms with E-state index < -0.39 is 33.8 Å². The molecule has 1 heterocycles. The maximum atomic E-state index is 13.8. The minimum atomic E-state index is -3.94. The van der Waals surface area contributed by atoms with Crippen LogP contribution in [0, 0.1) is 11.7 Å². The molecule has 2 aliphatic rings. The van der Waals surface area contributed by atoms with Crippen LogP contribution in [0.25, 0.3) is 0 Å². The van der Waals surface area contributed by atoms with Gasteiger partial charge < -0.3 is 10.1 Å². The molecule has 0 radical (unpaired) electrons. The second-order valence-electron chi connectivity index (χ2n) is 6.97. The number of rotatable bonds is 6. The molecule has 9 heteroatoms. The molecule has 0 spiro atoms. The molecule has 1 aliphatic carbocycles. The van der Waals surface area contributed by atoms with Gasteiger partial charge in [-0.2, -0.15) is 4.31 Å². The summed E-state index contributed by atoms with van der Waals surface area (Å²) in [5.41, 5.74) is 0. The van der Waals surface area contributed by atoms with Gasteiger partial charge in [-0.05, 0) is 44.7 Å². The molecule has 1 atom stereocenters. The molecule has 1 amide bonds. The van der Waals surface area contributed by atoms with Gasteiger partial charge in [-0.3, -0.25) is 9.59 Å². The van der Waals surface area contributed by atoms with Crippen LogP contribution in [-0.2, 0) is 24.3 Å². The van der Waals surface area contributed by atoms with Crippen LogP contribution in [0.2, 0.25) is 0 Å². The molecule has 1 aliphatic heterocycles. The Morgan fingerprint density at radius 2 is 1.81 bits per heavy atom. The maximum absolute atomic E-state index is 13.8. The lowest BCUT2D eigenvalue weighted by Gasteiger charge is -2.30. The van der Waals surface area contributed by atoms with Crippen molar-refractivity contribution in [3.63, 3.8) is 0 Å². The molecule has 1 aromatic carbocycles. The van der Waals surface area contributed by atoms with Gasteiger partial charge in [0.05, 0.1) is 5.92 Å². The highest BCUT2D eigenvalue weighted by Crippen LogP contribution is 2.26. The SMILES string of the molecule is CC(OC(=O)C1CCN(S(=O)(=O)c2ccccc2F)CC1)C(=O)NC1CC1. The molecule has 1 saturated heterocycles. The number of benzene rings is 1. The molecular formula is C18H23FN2O5S. The number of nitrogens with zero attached hydrogens (tertiary/aromatic N) is 1. The Kier molecular flexibility index (Phi) is 5.81. The minimum absolute atomic E-state index is 0.0963. The van der Waals surface area contributed by atoms with Crippen molar-refractivity contribution in [2.24, 2.45) is 5.92 Å². The highest BCUT2D eigenvalue weighted by atomic mass is 32.2. The van der Waals surface area contributed by atoms with Gasteiger partial charge >= 0.3 is 5.97 Å².